The van der Waals surface area contributed by atoms with Crippen LogP contribution in [0, 0.1) is 0 Å². The average Bonchev–Trinajstić information content (AvgIpc) is 2.61. The van der Waals surface area contributed by atoms with Gasteiger partial charge in [0, 0.05) is 46.9 Å². The molecule has 5 nitrogen and oxygen atoms in total. The number of rotatable bonds is 6. The summed E-state index contributed by atoms with van der Waals surface area (Å²) in [6.45, 7) is 0. The Morgan fingerprint density at radius 1 is 1.08 bits per heavy atom. The second kappa shape index (κ2) is 9.48. The highest BCUT2D eigenvalue weighted by atomic mass is 79.9. The minimum absolute atomic E-state index is 0.225. The third kappa shape index (κ3) is 6.10. The number of nitrogens with zero attached hydrogens (tertiary/aromatic N) is 1. The largest absolute Gasteiger partial charge is 0.378 e. The minimum Gasteiger partial charge on any atom is -0.378 e. The maximum absolute atomic E-state index is 12.1. The molecule has 0 atom stereocenters. The quantitative estimate of drug-likeness (QED) is 0.553. The molecule has 0 aliphatic rings. The maximum atomic E-state index is 12.1. The zero-order valence-corrected chi connectivity index (χ0v) is 16.5. The van der Waals surface area contributed by atoms with E-state index < -0.39 is 0 Å². The monoisotopic (exact) mass is 421 g/mol. The summed E-state index contributed by atoms with van der Waals surface area (Å²) in [7, 11) is 3.81. The van der Waals surface area contributed by atoms with Crippen molar-refractivity contribution in [3.63, 3.8) is 0 Å². The molecule has 132 valence electrons. The van der Waals surface area contributed by atoms with Gasteiger partial charge in [-0.25, -0.2) is 0 Å². The van der Waals surface area contributed by atoms with Gasteiger partial charge < -0.3 is 4.90 Å². The number of hydrazine groups is 1. The van der Waals surface area contributed by atoms with E-state index in [-0.39, 0.29) is 11.8 Å². The van der Waals surface area contributed by atoms with E-state index in [2.05, 4.69) is 26.8 Å². The molecule has 0 saturated heterocycles. The number of carbonyl (C=O) groups excluding carboxylic acids is 2. The van der Waals surface area contributed by atoms with Gasteiger partial charge in [0.15, 0.2) is 0 Å². The van der Waals surface area contributed by atoms with Crippen molar-refractivity contribution in [3.8, 4) is 0 Å². The van der Waals surface area contributed by atoms with Crippen LogP contribution in [0.25, 0.3) is 0 Å². The maximum Gasteiger partial charge on any atom is 0.269 e. The highest BCUT2D eigenvalue weighted by Gasteiger charge is 2.09. The van der Waals surface area contributed by atoms with Crippen molar-refractivity contribution in [2.45, 2.75) is 11.3 Å². The highest BCUT2D eigenvalue weighted by molar-refractivity contribution is 9.10. The van der Waals surface area contributed by atoms with Crippen LogP contribution in [0.15, 0.2) is 57.9 Å². The zero-order valence-electron chi connectivity index (χ0n) is 14.1. The van der Waals surface area contributed by atoms with Crippen molar-refractivity contribution >= 4 is 45.2 Å². The number of halogens is 1. The lowest BCUT2D eigenvalue weighted by atomic mass is 10.2. The SMILES string of the molecule is CN(C)c1cccc(C(=O)NNC(=O)CCSc2ccccc2Br)c1. The molecule has 0 saturated carbocycles. The summed E-state index contributed by atoms with van der Waals surface area (Å²) in [5, 5.41) is 0. The van der Waals surface area contributed by atoms with Crippen LogP contribution in [-0.2, 0) is 4.79 Å². The molecule has 0 aliphatic heterocycles. The molecule has 25 heavy (non-hydrogen) atoms. The lowest BCUT2D eigenvalue weighted by Crippen LogP contribution is -2.41. The van der Waals surface area contributed by atoms with Gasteiger partial charge >= 0.3 is 0 Å². The molecule has 2 aromatic carbocycles. The van der Waals surface area contributed by atoms with Crippen LogP contribution in [0.4, 0.5) is 5.69 Å². The van der Waals surface area contributed by atoms with E-state index in [1.54, 1.807) is 30.0 Å². The van der Waals surface area contributed by atoms with E-state index in [0.717, 1.165) is 15.1 Å². The number of anilines is 1. The van der Waals surface area contributed by atoms with E-state index >= 15 is 0 Å². The second-order valence-electron chi connectivity index (χ2n) is 5.48. The smallest absolute Gasteiger partial charge is 0.269 e. The van der Waals surface area contributed by atoms with Crippen LogP contribution in [0.3, 0.4) is 0 Å². The van der Waals surface area contributed by atoms with Gasteiger partial charge in [-0.05, 0) is 46.3 Å². The molecule has 0 aliphatic carbocycles. The molecule has 0 bridgehead atoms. The summed E-state index contributed by atoms with van der Waals surface area (Å²) in [6, 6.07) is 15.0. The summed E-state index contributed by atoms with van der Waals surface area (Å²) in [4.78, 5) is 27.0. The van der Waals surface area contributed by atoms with Gasteiger partial charge in [0.1, 0.15) is 0 Å². The lowest BCUT2D eigenvalue weighted by molar-refractivity contribution is -0.121. The molecule has 0 unspecified atom stereocenters. The van der Waals surface area contributed by atoms with Gasteiger partial charge in [0.05, 0.1) is 0 Å². The Morgan fingerprint density at radius 3 is 2.56 bits per heavy atom. The fourth-order valence-electron chi connectivity index (χ4n) is 2.00. The number of thioether (sulfide) groups is 1. The number of amides is 2. The van der Waals surface area contributed by atoms with E-state index in [9.17, 15) is 9.59 Å². The molecular weight excluding hydrogens is 402 g/mol. The lowest BCUT2D eigenvalue weighted by Gasteiger charge is -2.13. The topological polar surface area (TPSA) is 61.4 Å². The summed E-state index contributed by atoms with van der Waals surface area (Å²) in [5.74, 6) is 0.0626. The molecule has 2 rings (SSSR count). The Labute approximate surface area is 160 Å². The highest BCUT2D eigenvalue weighted by Crippen LogP contribution is 2.27. The standard InChI is InChI=1S/C18H20BrN3O2S/c1-22(2)14-7-5-6-13(12-14)18(24)21-20-17(23)10-11-25-16-9-4-3-8-15(16)19/h3-9,12H,10-11H2,1-2H3,(H,20,23)(H,21,24). The van der Waals surface area contributed by atoms with Gasteiger partial charge in [-0.15, -0.1) is 11.8 Å². The first-order chi connectivity index (χ1) is 12.0. The number of hydrogen-bond donors (Lipinski definition) is 2. The van der Waals surface area contributed by atoms with Gasteiger partial charge in [-0.3, -0.25) is 20.4 Å². The average molecular weight is 422 g/mol. The molecule has 0 spiro atoms. The van der Waals surface area contributed by atoms with Gasteiger partial charge in [-0.2, -0.15) is 0 Å². The van der Waals surface area contributed by atoms with Crippen molar-refractivity contribution < 1.29 is 9.59 Å². The first-order valence-electron chi connectivity index (χ1n) is 7.71. The van der Waals surface area contributed by atoms with Gasteiger partial charge in [0.2, 0.25) is 5.91 Å². The Hall–Kier alpha value is -1.99. The Kier molecular flexibility index (Phi) is 7.33. The summed E-state index contributed by atoms with van der Waals surface area (Å²) in [6.07, 6.45) is 0.310. The predicted octanol–water partition coefficient (Wildman–Crippen LogP) is 3.46. The van der Waals surface area contributed by atoms with Crippen molar-refractivity contribution in [2.75, 3.05) is 24.7 Å². The Morgan fingerprint density at radius 2 is 1.84 bits per heavy atom. The van der Waals surface area contributed by atoms with Crippen LogP contribution >= 0.6 is 27.7 Å². The Bertz CT molecular complexity index is 753. The van der Waals surface area contributed by atoms with E-state index in [1.807, 2.05) is 49.3 Å². The third-order valence-electron chi connectivity index (χ3n) is 3.36. The van der Waals surface area contributed by atoms with E-state index in [4.69, 9.17) is 0 Å². The molecule has 0 heterocycles. The summed E-state index contributed by atoms with van der Waals surface area (Å²) < 4.78 is 1.01. The van der Waals surface area contributed by atoms with Crippen LogP contribution in [0.5, 0.6) is 0 Å². The van der Waals surface area contributed by atoms with Crippen molar-refractivity contribution in [2.24, 2.45) is 0 Å². The molecular formula is C18H20BrN3O2S. The molecule has 2 aromatic rings. The van der Waals surface area contributed by atoms with Gasteiger partial charge in [-0.1, -0.05) is 18.2 Å². The molecule has 7 heteroatoms. The second-order valence-corrected chi connectivity index (χ2v) is 7.47. The number of hydrogen-bond acceptors (Lipinski definition) is 4. The normalized spacial score (nSPS) is 10.2. The van der Waals surface area contributed by atoms with Crippen LogP contribution < -0.4 is 15.8 Å². The van der Waals surface area contributed by atoms with Crippen molar-refractivity contribution in [3.05, 3.63) is 58.6 Å². The minimum atomic E-state index is -0.337. The Balaban J connectivity index is 1.77. The zero-order chi connectivity index (χ0) is 18.2. The number of carbonyl (C=O) groups is 2. The fourth-order valence-corrected chi connectivity index (χ4v) is 3.52. The molecule has 0 aromatic heterocycles. The predicted molar refractivity (Wildman–Crippen MR) is 106 cm³/mol. The summed E-state index contributed by atoms with van der Waals surface area (Å²) >= 11 is 5.06. The van der Waals surface area contributed by atoms with E-state index in [1.165, 1.54) is 0 Å². The third-order valence-corrected chi connectivity index (χ3v) is 5.39. The first kappa shape index (κ1) is 19.3. The van der Waals surface area contributed by atoms with Crippen molar-refractivity contribution in [1.29, 1.82) is 0 Å². The molecule has 2 amide bonds. The van der Waals surface area contributed by atoms with Crippen LogP contribution in [0.2, 0.25) is 0 Å². The first-order valence-corrected chi connectivity index (χ1v) is 9.49. The summed E-state index contributed by atoms with van der Waals surface area (Å²) in [5.41, 5.74) is 6.32. The molecule has 0 fully saturated rings. The number of nitrogens with one attached hydrogen (secondary N) is 2. The van der Waals surface area contributed by atoms with Crippen LogP contribution in [0.1, 0.15) is 16.8 Å². The van der Waals surface area contributed by atoms with E-state index in [0.29, 0.717) is 17.7 Å². The van der Waals surface area contributed by atoms with Crippen molar-refractivity contribution in [1.82, 2.24) is 10.9 Å². The molecule has 0 radical (unpaired) electrons. The van der Waals surface area contributed by atoms with Gasteiger partial charge in [0.25, 0.3) is 5.91 Å². The molecule has 2 N–H and O–H groups in total. The van der Waals surface area contributed by atoms with Crippen LogP contribution in [-0.4, -0.2) is 31.7 Å². The fraction of sp³-hybridized carbons (Fsp3) is 0.222. The number of benzene rings is 2.